The molecule has 0 saturated carbocycles. The van der Waals surface area contributed by atoms with E-state index in [4.69, 9.17) is 15.2 Å². The largest absolute Gasteiger partial charge is 0.483 e. The molecule has 1 heterocycles. The summed E-state index contributed by atoms with van der Waals surface area (Å²) in [6.07, 6.45) is 0.0482. The lowest BCUT2D eigenvalue weighted by Crippen LogP contribution is -2.23. The van der Waals surface area contributed by atoms with Crippen LogP contribution < -0.4 is 5.73 Å². The van der Waals surface area contributed by atoms with Crippen LogP contribution in [0.5, 0.6) is 0 Å². The van der Waals surface area contributed by atoms with Crippen molar-refractivity contribution in [3.05, 3.63) is 11.5 Å². The SMILES string of the molecule is CCC1=C(OC(=O)CC(C)N)C(=O)C(C)O1. The molecule has 2 atom stereocenters. The summed E-state index contributed by atoms with van der Waals surface area (Å²) in [6.45, 7) is 5.16. The first-order valence-corrected chi connectivity index (χ1v) is 5.36. The summed E-state index contributed by atoms with van der Waals surface area (Å²) in [4.78, 5) is 23.0. The first-order chi connectivity index (χ1) is 7.45. The fraction of sp³-hybridized carbons (Fsp3) is 0.636. The van der Waals surface area contributed by atoms with Crippen LogP contribution in [0.25, 0.3) is 0 Å². The van der Waals surface area contributed by atoms with Gasteiger partial charge in [0.15, 0.2) is 6.10 Å². The number of hydrogen-bond donors (Lipinski definition) is 1. The van der Waals surface area contributed by atoms with Crippen molar-refractivity contribution in [2.24, 2.45) is 5.73 Å². The van der Waals surface area contributed by atoms with Crippen LogP contribution in [0.2, 0.25) is 0 Å². The first kappa shape index (κ1) is 12.7. The smallest absolute Gasteiger partial charge is 0.312 e. The third kappa shape index (κ3) is 2.82. The Morgan fingerprint density at radius 3 is 2.75 bits per heavy atom. The molecule has 0 aromatic heterocycles. The Hall–Kier alpha value is -1.36. The highest BCUT2D eigenvalue weighted by atomic mass is 16.6. The number of ether oxygens (including phenoxy) is 2. The van der Waals surface area contributed by atoms with E-state index in [2.05, 4.69) is 0 Å². The highest BCUT2D eigenvalue weighted by molar-refractivity contribution is 6.00. The van der Waals surface area contributed by atoms with Crippen molar-refractivity contribution < 1.29 is 19.1 Å². The molecule has 16 heavy (non-hydrogen) atoms. The summed E-state index contributed by atoms with van der Waals surface area (Å²) in [7, 11) is 0. The van der Waals surface area contributed by atoms with E-state index in [1.807, 2.05) is 6.92 Å². The van der Waals surface area contributed by atoms with Gasteiger partial charge < -0.3 is 15.2 Å². The van der Waals surface area contributed by atoms with E-state index in [0.717, 1.165) is 0 Å². The van der Waals surface area contributed by atoms with Crippen LogP contribution in [0.15, 0.2) is 11.5 Å². The minimum Gasteiger partial charge on any atom is -0.483 e. The average molecular weight is 227 g/mol. The maximum atomic E-state index is 11.6. The van der Waals surface area contributed by atoms with E-state index >= 15 is 0 Å². The Bertz CT molecular complexity index is 333. The lowest BCUT2D eigenvalue weighted by atomic mass is 10.2. The van der Waals surface area contributed by atoms with Gasteiger partial charge in [-0.3, -0.25) is 9.59 Å². The Kier molecular flexibility index (Phi) is 4.06. The fourth-order valence-corrected chi connectivity index (χ4v) is 1.41. The number of carbonyl (C=O) groups excluding carboxylic acids is 2. The van der Waals surface area contributed by atoms with E-state index in [1.54, 1.807) is 13.8 Å². The molecular formula is C11H17NO4. The van der Waals surface area contributed by atoms with Gasteiger partial charge in [-0.05, 0) is 13.8 Å². The van der Waals surface area contributed by atoms with Crippen LogP contribution >= 0.6 is 0 Å². The molecule has 0 bridgehead atoms. The standard InChI is InChI=1S/C11H17NO4/c1-4-8-11(10(14)7(3)15-8)16-9(13)5-6(2)12/h6-7H,4-5,12H2,1-3H3. The predicted molar refractivity (Wildman–Crippen MR) is 57.2 cm³/mol. The van der Waals surface area contributed by atoms with Crippen LogP contribution in [0.3, 0.4) is 0 Å². The van der Waals surface area contributed by atoms with E-state index in [9.17, 15) is 9.59 Å². The number of allylic oxidation sites excluding steroid dienone is 1. The maximum Gasteiger partial charge on any atom is 0.312 e. The third-order valence-electron chi connectivity index (χ3n) is 2.19. The van der Waals surface area contributed by atoms with Gasteiger partial charge in [-0.25, -0.2) is 0 Å². The number of Topliss-reactive ketones (excluding diaryl/α,β-unsaturated/α-hetero) is 1. The summed E-state index contributed by atoms with van der Waals surface area (Å²) < 4.78 is 10.3. The van der Waals surface area contributed by atoms with Crippen molar-refractivity contribution in [1.82, 2.24) is 0 Å². The third-order valence-corrected chi connectivity index (χ3v) is 2.19. The van der Waals surface area contributed by atoms with Crippen LogP contribution in [-0.4, -0.2) is 23.9 Å². The van der Waals surface area contributed by atoms with Crippen molar-refractivity contribution in [2.45, 2.75) is 45.8 Å². The Labute approximate surface area is 94.6 Å². The van der Waals surface area contributed by atoms with Gasteiger partial charge in [0.25, 0.3) is 0 Å². The molecule has 0 aromatic carbocycles. The van der Waals surface area contributed by atoms with Crippen molar-refractivity contribution in [3.8, 4) is 0 Å². The van der Waals surface area contributed by atoms with Gasteiger partial charge in [0, 0.05) is 12.5 Å². The molecule has 0 spiro atoms. The highest BCUT2D eigenvalue weighted by Crippen LogP contribution is 2.25. The molecule has 2 N–H and O–H groups in total. The summed E-state index contributed by atoms with van der Waals surface area (Å²) >= 11 is 0. The summed E-state index contributed by atoms with van der Waals surface area (Å²) in [5.74, 6) is -0.298. The number of rotatable bonds is 4. The van der Waals surface area contributed by atoms with Gasteiger partial charge in [-0.2, -0.15) is 0 Å². The normalized spacial score (nSPS) is 22.0. The second-order valence-corrected chi connectivity index (χ2v) is 3.89. The van der Waals surface area contributed by atoms with E-state index < -0.39 is 12.1 Å². The number of ketones is 1. The summed E-state index contributed by atoms with van der Waals surface area (Å²) in [5, 5.41) is 0. The zero-order valence-electron chi connectivity index (χ0n) is 9.78. The number of nitrogens with two attached hydrogens (primary N) is 1. The van der Waals surface area contributed by atoms with Gasteiger partial charge >= 0.3 is 5.97 Å². The van der Waals surface area contributed by atoms with Crippen LogP contribution in [0.4, 0.5) is 0 Å². The molecule has 0 fully saturated rings. The molecule has 5 nitrogen and oxygen atoms in total. The minimum atomic E-state index is -0.562. The Balaban J connectivity index is 2.71. The number of esters is 1. The second-order valence-electron chi connectivity index (χ2n) is 3.89. The first-order valence-electron chi connectivity index (χ1n) is 5.36. The minimum absolute atomic E-state index is 0.0423. The topological polar surface area (TPSA) is 78.6 Å². The fourth-order valence-electron chi connectivity index (χ4n) is 1.41. The maximum absolute atomic E-state index is 11.6. The number of carbonyl (C=O) groups is 2. The molecule has 0 aliphatic carbocycles. The van der Waals surface area contributed by atoms with Crippen LogP contribution in [0, 0.1) is 0 Å². The molecule has 1 aliphatic rings. The molecule has 0 radical (unpaired) electrons. The van der Waals surface area contributed by atoms with Gasteiger partial charge in [-0.15, -0.1) is 0 Å². The van der Waals surface area contributed by atoms with Crippen molar-refractivity contribution in [1.29, 1.82) is 0 Å². The van der Waals surface area contributed by atoms with Gasteiger partial charge in [0.2, 0.25) is 11.5 Å². The van der Waals surface area contributed by atoms with E-state index in [-0.39, 0.29) is 24.0 Å². The molecule has 1 aliphatic heterocycles. The summed E-state index contributed by atoms with van der Waals surface area (Å²) in [6, 6.07) is -0.284. The van der Waals surface area contributed by atoms with Crippen molar-refractivity contribution >= 4 is 11.8 Å². The second kappa shape index (κ2) is 5.12. The Morgan fingerprint density at radius 2 is 2.25 bits per heavy atom. The van der Waals surface area contributed by atoms with Gasteiger partial charge in [0.05, 0.1) is 6.42 Å². The molecule has 90 valence electrons. The monoisotopic (exact) mass is 227 g/mol. The summed E-state index contributed by atoms with van der Waals surface area (Å²) in [5.41, 5.74) is 5.46. The molecule has 1 rings (SSSR count). The lowest BCUT2D eigenvalue weighted by Gasteiger charge is -2.06. The van der Waals surface area contributed by atoms with Crippen molar-refractivity contribution in [2.75, 3.05) is 0 Å². The molecular weight excluding hydrogens is 210 g/mol. The zero-order valence-corrected chi connectivity index (χ0v) is 9.78. The average Bonchev–Trinajstić information content (AvgIpc) is 2.44. The van der Waals surface area contributed by atoms with E-state index in [1.165, 1.54) is 0 Å². The molecule has 0 saturated heterocycles. The number of hydrogen-bond acceptors (Lipinski definition) is 5. The zero-order chi connectivity index (χ0) is 12.3. The molecule has 2 unspecified atom stereocenters. The van der Waals surface area contributed by atoms with Crippen LogP contribution in [-0.2, 0) is 19.1 Å². The molecule has 0 aromatic rings. The highest BCUT2D eigenvalue weighted by Gasteiger charge is 2.34. The lowest BCUT2D eigenvalue weighted by molar-refractivity contribution is -0.142. The molecule has 0 amide bonds. The van der Waals surface area contributed by atoms with Gasteiger partial charge in [-0.1, -0.05) is 6.92 Å². The van der Waals surface area contributed by atoms with Crippen molar-refractivity contribution in [3.63, 3.8) is 0 Å². The predicted octanol–water partition coefficient (Wildman–Crippen LogP) is 0.876. The van der Waals surface area contributed by atoms with Gasteiger partial charge in [0.1, 0.15) is 5.76 Å². The van der Waals surface area contributed by atoms with Crippen LogP contribution in [0.1, 0.15) is 33.6 Å². The molecule has 5 heteroatoms. The Morgan fingerprint density at radius 1 is 1.62 bits per heavy atom. The quantitative estimate of drug-likeness (QED) is 0.721. The van der Waals surface area contributed by atoms with E-state index in [0.29, 0.717) is 12.2 Å².